The number of hydrogen-bond donors (Lipinski definition) is 1. The summed E-state index contributed by atoms with van der Waals surface area (Å²) in [6.07, 6.45) is 3.74. The lowest BCUT2D eigenvalue weighted by Crippen LogP contribution is -2.36. The highest BCUT2D eigenvalue weighted by Gasteiger charge is 2.26. The molecular formula is C15H19N3O3. The Morgan fingerprint density at radius 3 is 2.86 bits per heavy atom. The molecule has 2 aromatic rings. The summed E-state index contributed by atoms with van der Waals surface area (Å²) in [6, 6.07) is 5.51. The molecule has 0 spiro atoms. The summed E-state index contributed by atoms with van der Waals surface area (Å²) in [5, 5.41) is 9.51. The molecule has 1 aliphatic heterocycles. The Hall–Kier alpha value is -2.08. The minimum Gasteiger partial charge on any atom is -0.476 e. The van der Waals surface area contributed by atoms with Crippen molar-refractivity contribution in [2.45, 2.75) is 12.8 Å². The molecule has 21 heavy (non-hydrogen) atoms. The fourth-order valence-corrected chi connectivity index (χ4v) is 2.95. The fourth-order valence-electron chi connectivity index (χ4n) is 2.95. The van der Waals surface area contributed by atoms with Gasteiger partial charge in [-0.05, 0) is 30.9 Å². The summed E-state index contributed by atoms with van der Waals surface area (Å²) in [5.74, 6) is 0.184. The van der Waals surface area contributed by atoms with Gasteiger partial charge in [0.05, 0.1) is 0 Å². The Morgan fingerprint density at radius 1 is 1.43 bits per heavy atom. The van der Waals surface area contributed by atoms with Crippen molar-refractivity contribution in [3.63, 3.8) is 0 Å². The SMILES string of the molecule is COCC1CCN(c2nc3ccccn3c2C(=O)O)CC1. The van der Waals surface area contributed by atoms with Crippen LogP contribution in [0.5, 0.6) is 0 Å². The molecule has 112 valence electrons. The van der Waals surface area contributed by atoms with E-state index in [9.17, 15) is 9.90 Å². The number of carbonyl (C=O) groups is 1. The molecule has 6 heteroatoms. The van der Waals surface area contributed by atoms with Gasteiger partial charge in [-0.2, -0.15) is 0 Å². The van der Waals surface area contributed by atoms with Gasteiger partial charge in [0, 0.05) is 33.0 Å². The van der Waals surface area contributed by atoms with E-state index in [2.05, 4.69) is 9.88 Å². The van der Waals surface area contributed by atoms with E-state index in [0.29, 0.717) is 17.4 Å². The number of aromatic nitrogens is 2. The molecule has 1 aliphatic rings. The molecule has 1 N–H and O–H groups in total. The largest absolute Gasteiger partial charge is 0.476 e. The van der Waals surface area contributed by atoms with Gasteiger partial charge in [-0.15, -0.1) is 0 Å². The molecule has 0 saturated carbocycles. The zero-order chi connectivity index (χ0) is 14.8. The van der Waals surface area contributed by atoms with Crippen molar-refractivity contribution >= 4 is 17.4 Å². The van der Waals surface area contributed by atoms with E-state index >= 15 is 0 Å². The third kappa shape index (κ3) is 2.58. The number of aromatic carboxylic acids is 1. The fraction of sp³-hybridized carbons (Fsp3) is 0.467. The minimum atomic E-state index is -0.942. The van der Waals surface area contributed by atoms with Crippen molar-refractivity contribution in [1.29, 1.82) is 0 Å². The highest BCUT2D eigenvalue weighted by Crippen LogP contribution is 2.27. The molecule has 3 rings (SSSR count). The number of anilines is 1. The first-order chi connectivity index (χ1) is 10.2. The van der Waals surface area contributed by atoms with Gasteiger partial charge in [-0.1, -0.05) is 6.07 Å². The lowest BCUT2D eigenvalue weighted by molar-refractivity contribution is 0.0690. The summed E-state index contributed by atoms with van der Waals surface area (Å²) in [5.41, 5.74) is 0.916. The van der Waals surface area contributed by atoms with Crippen LogP contribution in [0.15, 0.2) is 24.4 Å². The van der Waals surface area contributed by atoms with Gasteiger partial charge in [0.1, 0.15) is 5.65 Å². The molecule has 1 fully saturated rings. The lowest BCUT2D eigenvalue weighted by atomic mass is 9.98. The van der Waals surface area contributed by atoms with Crippen molar-refractivity contribution < 1.29 is 14.6 Å². The molecule has 0 atom stereocenters. The maximum atomic E-state index is 11.6. The van der Waals surface area contributed by atoms with Gasteiger partial charge in [-0.25, -0.2) is 9.78 Å². The van der Waals surface area contributed by atoms with Crippen molar-refractivity contribution in [3.05, 3.63) is 30.1 Å². The molecule has 3 heterocycles. The zero-order valence-electron chi connectivity index (χ0n) is 12.0. The number of ether oxygens (including phenoxy) is 1. The molecule has 0 amide bonds. The van der Waals surface area contributed by atoms with Crippen LogP contribution in [0.1, 0.15) is 23.3 Å². The smallest absolute Gasteiger partial charge is 0.356 e. The first kappa shape index (κ1) is 13.9. The van der Waals surface area contributed by atoms with E-state index in [1.54, 1.807) is 17.7 Å². The first-order valence-corrected chi connectivity index (χ1v) is 7.15. The monoisotopic (exact) mass is 289 g/mol. The number of piperidine rings is 1. The summed E-state index contributed by atoms with van der Waals surface area (Å²) in [7, 11) is 1.72. The topological polar surface area (TPSA) is 67.1 Å². The van der Waals surface area contributed by atoms with Gasteiger partial charge in [0.15, 0.2) is 11.5 Å². The van der Waals surface area contributed by atoms with Crippen molar-refractivity contribution in [3.8, 4) is 0 Å². The molecule has 1 saturated heterocycles. The van der Waals surface area contributed by atoms with E-state index in [4.69, 9.17) is 4.74 Å². The van der Waals surface area contributed by atoms with Gasteiger partial charge in [0.25, 0.3) is 0 Å². The second-order valence-corrected chi connectivity index (χ2v) is 5.40. The first-order valence-electron chi connectivity index (χ1n) is 7.15. The van der Waals surface area contributed by atoms with Gasteiger partial charge >= 0.3 is 5.97 Å². The Bertz CT molecular complexity index is 645. The average molecular weight is 289 g/mol. The standard InChI is InChI=1S/C15H19N3O3/c1-21-10-11-5-8-17(9-6-11)14-13(15(19)20)18-7-3-2-4-12(18)16-14/h2-4,7,11H,5-6,8-10H2,1H3,(H,19,20). The second kappa shape index (κ2) is 5.73. The highest BCUT2D eigenvalue weighted by atomic mass is 16.5. The van der Waals surface area contributed by atoms with Gasteiger partial charge < -0.3 is 14.7 Å². The summed E-state index contributed by atoms with van der Waals surface area (Å²) in [4.78, 5) is 18.2. The third-order valence-corrected chi connectivity index (χ3v) is 4.03. The maximum absolute atomic E-state index is 11.6. The number of pyridine rings is 1. The van der Waals surface area contributed by atoms with Crippen molar-refractivity contribution in [2.75, 3.05) is 31.7 Å². The summed E-state index contributed by atoms with van der Waals surface area (Å²) >= 11 is 0. The normalized spacial score (nSPS) is 16.5. The zero-order valence-corrected chi connectivity index (χ0v) is 12.0. The van der Waals surface area contributed by atoms with Crippen LogP contribution in [0.25, 0.3) is 5.65 Å². The number of rotatable bonds is 4. The molecule has 0 unspecified atom stereocenters. The Kier molecular flexibility index (Phi) is 3.79. The molecule has 0 aliphatic carbocycles. The number of methoxy groups -OCH3 is 1. The molecule has 0 radical (unpaired) electrons. The molecule has 2 aromatic heterocycles. The van der Waals surface area contributed by atoms with Crippen LogP contribution in [0.4, 0.5) is 5.82 Å². The summed E-state index contributed by atoms with van der Waals surface area (Å²) < 4.78 is 6.84. The Labute approximate surface area is 123 Å². The molecule has 0 bridgehead atoms. The van der Waals surface area contributed by atoms with Crippen LogP contribution in [-0.4, -0.2) is 47.3 Å². The van der Waals surface area contributed by atoms with Crippen LogP contribution in [0, 0.1) is 5.92 Å². The minimum absolute atomic E-state index is 0.246. The van der Waals surface area contributed by atoms with Crippen LogP contribution in [0.3, 0.4) is 0 Å². The number of carboxylic acid groups (broad SMARTS) is 1. The van der Waals surface area contributed by atoms with Crippen molar-refractivity contribution in [2.24, 2.45) is 5.92 Å². The predicted octanol–water partition coefficient (Wildman–Crippen LogP) is 1.90. The van der Waals surface area contributed by atoms with Crippen LogP contribution in [0.2, 0.25) is 0 Å². The van der Waals surface area contributed by atoms with E-state index in [0.717, 1.165) is 32.5 Å². The number of nitrogens with zero attached hydrogens (tertiary/aromatic N) is 3. The van der Waals surface area contributed by atoms with E-state index < -0.39 is 5.97 Å². The Balaban J connectivity index is 1.90. The Morgan fingerprint density at radius 2 is 2.19 bits per heavy atom. The van der Waals surface area contributed by atoms with E-state index in [1.165, 1.54) is 0 Å². The molecule has 0 aromatic carbocycles. The number of hydrogen-bond acceptors (Lipinski definition) is 4. The predicted molar refractivity (Wildman–Crippen MR) is 79.0 cm³/mol. The highest BCUT2D eigenvalue weighted by molar-refractivity contribution is 5.93. The lowest BCUT2D eigenvalue weighted by Gasteiger charge is -2.32. The quantitative estimate of drug-likeness (QED) is 0.931. The van der Waals surface area contributed by atoms with Crippen LogP contribution >= 0.6 is 0 Å². The number of fused-ring (bicyclic) bond motifs is 1. The van der Waals surface area contributed by atoms with Crippen LogP contribution in [-0.2, 0) is 4.74 Å². The third-order valence-electron chi connectivity index (χ3n) is 4.03. The average Bonchev–Trinajstić information content (AvgIpc) is 2.88. The van der Waals surface area contributed by atoms with Crippen molar-refractivity contribution in [1.82, 2.24) is 9.38 Å². The van der Waals surface area contributed by atoms with Crippen LogP contribution < -0.4 is 4.90 Å². The van der Waals surface area contributed by atoms with Gasteiger partial charge in [0.2, 0.25) is 0 Å². The molecular weight excluding hydrogens is 270 g/mol. The number of imidazole rings is 1. The maximum Gasteiger partial charge on any atom is 0.356 e. The summed E-state index contributed by atoms with van der Waals surface area (Å²) in [6.45, 7) is 2.40. The van der Waals surface area contributed by atoms with E-state index in [1.807, 2.05) is 18.2 Å². The second-order valence-electron chi connectivity index (χ2n) is 5.40. The number of carboxylic acids is 1. The molecule has 6 nitrogen and oxygen atoms in total. The van der Waals surface area contributed by atoms with Gasteiger partial charge in [-0.3, -0.25) is 4.40 Å². The van der Waals surface area contributed by atoms with E-state index in [-0.39, 0.29) is 5.69 Å².